The zero-order chi connectivity index (χ0) is 9.26. The molecule has 0 aromatic carbocycles. The molecule has 64 valence electrons. The first-order chi connectivity index (χ1) is 6.36. The van der Waals surface area contributed by atoms with E-state index in [9.17, 15) is 0 Å². The van der Waals surface area contributed by atoms with E-state index >= 15 is 0 Å². The lowest BCUT2D eigenvalue weighted by Crippen LogP contribution is -1.91. The standard InChI is InChI=1S/C9H8N4/c1-2-9-12-7(5-10)8-6-11-3-4-13(8)9/h3-4,6H,2H2,1H3. The molecule has 0 atom stereocenters. The summed E-state index contributed by atoms with van der Waals surface area (Å²) in [5.74, 6) is 0.897. The molecule has 0 unspecified atom stereocenters. The van der Waals surface area contributed by atoms with Gasteiger partial charge >= 0.3 is 0 Å². The number of imidazole rings is 1. The van der Waals surface area contributed by atoms with Crippen LogP contribution in [0.15, 0.2) is 18.6 Å². The maximum absolute atomic E-state index is 8.79. The highest BCUT2D eigenvalue weighted by Gasteiger charge is 2.07. The molecule has 13 heavy (non-hydrogen) atoms. The molecule has 0 saturated carbocycles. The molecular weight excluding hydrogens is 164 g/mol. The number of aryl methyl sites for hydroxylation is 1. The largest absolute Gasteiger partial charge is 0.300 e. The fourth-order valence-corrected chi connectivity index (χ4v) is 1.33. The van der Waals surface area contributed by atoms with E-state index in [4.69, 9.17) is 5.26 Å². The number of fused-ring (bicyclic) bond motifs is 1. The number of aromatic nitrogens is 3. The van der Waals surface area contributed by atoms with Gasteiger partial charge in [-0.2, -0.15) is 5.26 Å². The van der Waals surface area contributed by atoms with E-state index in [1.807, 2.05) is 17.5 Å². The lowest BCUT2D eigenvalue weighted by molar-refractivity contribution is 0.926. The van der Waals surface area contributed by atoms with E-state index in [2.05, 4.69) is 16.0 Å². The maximum Gasteiger partial charge on any atom is 0.168 e. The van der Waals surface area contributed by atoms with Crippen molar-refractivity contribution in [1.82, 2.24) is 14.4 Å². The lowest BCUT2D eigenvalue weighted by Gasteiger charge is -1.94. The van der Waals surface area contributed by atoms with Gasteiger partial charge in [0, 0.05) is 18.8 Å². The van der Waals surface area contributed by atoms with Crippen molar-refractivity contribution in [1.29, 1.82) is 5.26 Å². The molecule has 0 spiro atoms. The zero-order valence-corrected chi connectivity index (χ0v) is 7.23. The molecule has 2 aromatic rings. The summed E-state index contributed by atoms with van der Waals surface area (Å²) in [5, 5.41) is 8.79. The van der Waals surface area contributed by atoms with Gasteiger partial charge in [-0.15, -0.1) is 0 Å². The summed E-state index contributed by atoms with van der Waals surface area (Å²) in [5.41, 5.74) is 1.23. The van der Waals surface area contributed by atoms with Crippen LogP contribution in [0.4, 0.5) is 0 Å². The van der Waals surface area contributed by atoms with Crippen LogP contribution in [0.5, 0.6) is 0 Å². The maximum atomic E-state index is 8.79. The Kier molecular flexibility index (Phi) is 1.71. The summed E-state index contributed by atoms with van der Waals surface area (Å²) in [6.07, 6.45) is 5.98. The number of hydrogen-bond donors (Lipinski definition) is 0. The Morgan fingerprint density at radius 1 is 1.62 bits per heavy atom. The highest BCUT2D eigenvalue weighted by molar-refractivity contribution is 5.56. The molecule has 2 rings (SSSR count). The third-order valence-electron chi connectivity index (χ3n) is 1.94. The number of nitriles is 1. The molecule has 4 nitrogen and oxygen atoms in total. The minimum absolute atomic E-state index is 0.449. The van der Waals surface area contributed by atoms with Crippen LogP contribution in [-0.2, 0) is 6.42 Å². The van der Waals surface area contributed by atoms with Gasteiger partial charge in [-0.05, 0) is 0 Å². The average Bonchev–Trinajstić information content (AvgIpc) is 2.56. The third kappa shape index (κ3) is 1.05. The number of nitrogens with zero attached hydrogens (tertiary/aromatic N) is 4. The van der Waals surface area contributed by atoms with Gasteiger partial charge in [-0.3, -0.25) is 9.38 Å². The molecule has 4 heteroatoms. The summed E-state index contributed by atoms with van der Waals surface area (Å²) in [7, 11) is 0. The average molecular weight is 172 g/mol. The van der Waals surface area contributed by atoms with Crippen molar-refractivity contribution in [3.05, 3.63) is 30.1 Å². The molecule has 0 fully saturated rings. The second kappa shape index (κ2) is 2.87. The third-order valence-corrected chi connectivity index (χ3v) is 1.94. The van der Waals surface area contributed by atoms with Crippen LogP contribution >= 0.6 is 0 Å². The van der Waals surface area contributed by atoms with Gasteiger partial charge < -0.3 is 0 Å². The summed E-state index contributed by atoms with van der Waals surface area (Å²) in [4.78, 5) is 8.15. The first-order valence-electron chi connectivity index (χ1n) is 4.08. The normalized spacial score (nSPS) is 10.2. The second-order valence-corrected chi connectivity index (χ2v) is 2.67. The molecule has 2 aromatic heterocycles. The van der Waals surface area contributed by atoms with E-state index in [1.54, 1.807) is 12.4 Å². The van der Waals surface area contributed by atoms with Crippen molar-refractivity contribution in [3.8, 4) is 6.07 Å². The fraction of sp³-hybridized carbons (Fsp3) is 0.222. The molecule has 0 N–H and O–H groups in total. The highest BCUT2D eigenvalue weighted by atomic mass is 15.0. The Bertz CT molecular complexity index is 478. The number of hydrogen-bond acceptors (Lipinski definition) is 3. The summed E-state index contributed by atoms with van der Waals surface area (Å²) in [6, 6.07) is 2.05. The summed E-state index contributed by atoms with van der Waals surface area (Å²) in [6.45, 7) is 2.01. The van der Waals surface area contributed by atoms with Gasteiger partial charge in [-0.25, -0.2) is 4.98 Å². The van der Waals surface area contributed by atoms with E-state index in [-0.39, 0.29) is 0 Å². The monoisotopic (exact) mass is 172 g/mol. The molecule has 2 heterocycles. The molecule has 0 aliphatic rings. The van der Waals surface area contributed by atoms with Crippen molar-refractivity contribution in [2.75, 3.05) is 0 Å². The van der Waals surface area contributed by atoms with Crippen LogP contribution in [0.3, 0.4) is 0 Å². The van der Waals surface area contributed by atoms with Gasteiger partial charge in [0.1, 0.15) is 17.4 Å². The first kappa shape index (κ1) is 7.74. The highest BCUT2D eigenvalue weighted by Crippen LogP contribution is 2.10. The predicted octanol–water partition coefficient (Wildman–Crippen LogP) is 1.16. The second-order valence-electron chi connectivity index (χ2n) is 2.67. The van der Waals surface area contributed by atoms with Crippen molar-refractivity contribution < 1.29 is 0 Å². The molecule has 0 aliphatic carbocycles. The van der Waals surface area contributed by atoms with Gasteiger partial charge in [-0.1, -0.05) is 6.92 Å². The predicted molar refractivity (Wildman–Crippen MR) is 47.1 cm³/mol. The Balaban J connectivity index is 2.84. The van der Waals surface area contributed by atoms with Crippen molar-refractivity contribution in [2.24, 2.45) is 0 Å². The minimum Gasteiger partial charge on any atom is -0.300 e. The summed E-state index contributed by atoms with van der Waals surface area (Å²) >= 11 is 0. The Morgan fingerprint density at radius 3 is 3.15 bits per heavy atom. The van der Waals surface area contributed by atoms with Crippen molar-refractivity contribution in [3.63, 3.8) is 0 Å². The molecule has 0 radical (unpaired) electrons. The molecule has 0 aliphatic heterocycles. The van der Waals surface area contributed by atoms with Gasteiger partial charge in [0.15, 0.2) is 5.69 Å². The van der Waals surface area contributed by atoms with E-state index < -0.39 is 0 Å². The summed E-state index contributed by atoms with van der Waals surface area (Å²) < 4.78 is 1.89. The van der Waals surface area contributed by atoms with E-state index in [1.165, 1.54) is 0 Å². The lowest BCUT2D eigenvalue weighted by atomic mass is 10.4. The number of rotatable bonds is 1. The zero-order valence-electron chi connectivity index (χ0n) is 7.23. The smallest absolute Gasteiger partial charge is 0.168 e. The molecule has 0 amide bonds. The van der Waals surface area contributed by atoms with Gasteiger partial charge in [0.25, 0.3) is 0 Å². The van der Waals surface area contributed by atoms with Crippen LogP contribution in [0.1, 0.15) is 18.4 Å². The van der Waals surface area contributed by atoms with Crippen LogP contribution in [-0.4, -0.2) is 14.4 Å². The SMILES string of the molecule is CCc1nc(C#N)c2cnccn12. The Morgan fingerprint density at radius 2 is 2.46 bits per heavy atom. The van der Waals surface area contributed by atoms with E-state index in [0.29, 0.717) is 5.69 Å². The van der Waals surface area contributed by atoms with Gasteiger partial charge in [0.05, 0.1) is 6.20 Å². The molecular formula is C9H8N4. The Labute approximate surface area is 75.5 Å². The van der Waals surface area contributed by atoms with Crippen LogP contribution in [0, 0.1) is 11.3 Å². The molecule has 0 saturated heterocycles. The van der Waals surface area contributed by atoms with Crippen LogP contribution < -0.4 is 0 Å². The molecule has 0 bridgehead atoms. The minimum atomic E-state index is 0.449. The topological polar surface area (TPSA) is 54.0 Å². The Hall–Kier alpha value is -1.89. The van der Waals surface area contributed by atoms with Crippen LogP contribution in [0.25, 0.3) is 5.52 Å². The fourth-order valence-electron chi connectivity index (χ4n) is 1.33. The van der Waals surface area contributed by atoms with Crippen molar-refractivity contribution >= 4 is 5.52 Å². The van der Waals surface area contributed by atoms with Gasteiger partial charge in [0.2, 0.25) is 0 Å². The first-order valence-corrected chi connectivity index (χ1v) is 4.08. The van der Waals surface area contributed by atoms with Crippen molar-refractivity contribution in [2.45, 2.75) is 13.3 Å². The van der Waals surface area contributed by atoms with E-state index in [0.717, 1.165) is 17.8 Å². The quantitative estimate of drug-likeness (QED) is 0.648. The van der Waals surface area contributed by atoms with Crippen LogP contribution in [0.2, 0.25) is 0 Å².